The summed E-state index contributed by atoms with van der Waals surface area (Å²) >= 11 is 1.33. The van der Waals surface area contributed by atoms with Crippen molar-refractivity contribution in [2.45, 2.75) is 29.7 Å². The lowest BCUT2D eigenvalue weighted by molar-refractivity contribution is -0.120. The van der Waals surface area contributed by atoms with Crippen LogP contribution in [-0.4, -0.2) is 35.0 Å². The van der Waals surface area contributed by atoms with Crippen LogP contribution in [0.2, 0.25) is 0 Å². The van der Waals surface area contributed by atoms with Gasteiger partial charge in [-0.3, -0.25) is 4.79 Å². The summed E-state index contributed by atoms with van der Waals surface area (Å²) in [6.45, 7) is 0.747. The monoisotopic (exact) mass is 319 g/mol. The van der Waals surface area contributed by atoms with Crippen molar-refractivity contribution in [1.29, 1.82) is 0 Å². The summed E-state index contributed by atoms with van der Waals surface area (Å²) in [6.07, 6.45) is 2.87. The maximum atomic E-state index is 11.9. The molecule has 1 N–H and O–H groups in total. The molecule has 1 aromatic carbocycles. The van der Waals surface area contributed by atoms with Gasteiger partial charge >= 0.3 is 0 Å². The third-order valence-electron chi connectivity index (χ3n) is 3.47. The summed E-state index contributed by atoms with van der Waals surface area (Å²) in [5.74, 6) is 1.26. The molecule has 0 aliphatic carbocycles. The Kier molecular flexibility index (Phi) is 4.62. The van der Waals surface area contributed by atoms with Gasteiger partial charge < -0.3 is 14.5 Å². The van der Waals surface area contributed by atoms with Gasteiger partial charge in [-0.2, -0.15) is 0 Å². The second-order valence-corrected chi connectivity index (χ2v) is 6.15. The SMILES string of the molecule is COc1ccc(-c2nnc(S[C@@H]3CCCCNC3=O)o2)cc1. The molecule has 2 aromatic rings. The Morgan fingerprint density at radius 3 is 2.86 bits per heavy atom. The van der Waals surface area contributed by atoms with E-state index in [1.54, 1.807) is 7.11 Å². The topological polar surface area (TPSA) is 77.3 Å². The molecule has 6 nitrogen and oxygen atoms in total. The van der Waals surface area contributed by atoms with Crippen molar-refractivity contribution in [1.82, 2.24) is 15.5 Å². The number of thioether (sulfide) groups is 1. The highest BCUT2D eigenvalue weighted by molar-refractivity contribution is 8.00. The van der Waals surface area contributed by atoms with Crippen LogP contribution in [0.15, 0.2) is 33.9 Å². The normalized spacial score (nSPS) is 18.6. The number of carbonyl (C=O) groups is 1. The molecule has 1 atom stereocenters. The molecular formula is C15H17N3O3S. The lowest BCUT2D eigenvalue weighted by Gasteiger charge is -2.08. The minimum Gasteiger partial charge on any atom is -0.497 e. The molecule has 0 radical (unpaired) electrons. The van der Waals surface area contributed by atoms with Crippen LogP contribution in [0.25, 0.3) is 11.5 Å². The van der Waals surface area contributed by atoms with Gasteiger partial charge in [-0.15, -0.1) is 10.2 Å². The number of ether oxygens (including phenoxy) is 1. The van der Waals surface area contributed by atoms with E-state index in [0.717, 1.165) is 37.1 Å². The Morgan fingerprint density at radius 1 is 1.27 bits per heavy atom. The van der Waals surface area contributed by atoms with Crippen LogP contribution in [0.4, 0.5) is 0 Å². The Labute approximate surface area is 132 Å². The largest absolute Gasteiger partial charge is 0.497 e. The van der Waals surface area contributed by atoms with Crippen LogP contribution in [-0.2, 0) is 4.79 Å². The highest BCUT2D eigenvalue weighted by Gasteiger charge is 2.24. The smallest absolute Gasteiger partial charge is 0.277 e. The summed E-state index contributed by atoms with van der Waals surface area (Å²) in [6, 6.07) is 7.40. The molecule has 0 saturated carbocycles. The van der Waals surface area contributed by atoms with Gasteiger partial charge in [0.05, 0.1) is 12.4 Å². The van der Waals surface area contributed by atoms with Gasteiger partial charge in [0.15, 0.2) is 0 Å². The van der Waals surface area contributed by atoms with Crippen molar-refractivity contribution in [2.24, 2.45) is 0 Å². The van der Waals surface area contributed by atoms with Crippen molar-refractivity contribution in [3.8, 4) is 17.2 Å². The van der Waals surface area contributed by atoms with E-state index in [1.807, 2.05) is 24.3 Å². The second-order valence-electron chi connectivity index (χ2n) is 4.99. The summed E-state index contributed by atoms with van der Waals surface area (Å²) in [5, 5.41) is 11.2. The van der Waals surface area contributed by atoms with E-state index in [9.17, 15) is 4.79 Å². The molecule has 1 aliphatic rings. The molecule has 0 spiro atoms. The van der Waals surface area contributed by atoms with Crippen LogP contribution >= 0.6 is 11.8 Å². The predicted molar refractivity (Wildman–Crippen MR) is 82.8 cm³/mol. The number of methoxy groups -OCH3 is 1. The van der Waals surface area contributed by atoms with Crippen LogP contribution in [0.3, 0.4) is 0 Å². The van der Waals surface area contributed by atoms with Crippen molar-refractivity contribution >= 4 is 17.7 Å². The Balaban J connectivity index is 1.71. The molecule has 2 heterocycles. The van der Waals surface area contributed by atoms with Crippen molar-refractivity contribution < 1.29 is 13.9 Å². The first-order chi connectivity index (χ1) is 10.8. The van der Waals surface area contributed by atoms with Gasteiger partial charge in [-0.1, -0.05) is 18.2 Å². The van der Waals surface area contributed by atoms with Gasteiger partial charge in [-0.05, 0) is 37.1 Å². The highest BCUT2D eigenvalue weighted by Crippen LogP contribution is 2.29. The average molecular weight is 319 g/mol. The summed E-state index contributed by atoms with van der Waals surface area (Å²) in [5.41, 5.74) is 0.825. The van der Waals surface area contributed by atoms with Crippen molar-refractivity contribution in [3.05, 3.63) is 24.3 Å². The molecule has 3 rings (SSSR count). The lowest BCUT2D eigenvalue weighted by Crippen LogP contribution is -2.30. The summed E-state index contributed by atoms with van der Waals surface area (Å²) in [7, 11) is 1.62. The van der Waals surface area contributed by atoms with E-state index in [-0.39, 0.29) is 11.2 Å². The van der Waals surface area contributed by atoms with Crippen LogP contribution < -0.4 is 10.1 Å². The highest BCUT2D eigenvalue weighted by atomic mass is 32.2. The quantitative estimate of drug-likeness (QED) is 0.933. The predicted octanol–water partition coefficient (Wildman–Crippen LogP) is 2.51. The molecular weight excluding hydrogens is 302 g/mol. The number of hydrogen-bond donors (Lipinski definition) is 1. The fraction of sp³-hybridized carbons (Fsp3) is 0.400. The molecule has 1 fully saturated rings. The minimum absolute atomic E-state index is 0.0479. The van der Waals surface area contributed by atoms with E-state index in [4.69, 9.17) is 9.15 Å². The number of amides is 1. The zero-order chi connectivity index (χ0) is 15.4. The van der Waals surface area contributed by atoms with Crippen LogP contribution in [0, 0.1) is 0 Å². The fourth-order valence-corrected chi connectivity index (χ4v) is 3.19. The number of nitrogens with zero attached hydrogens (tertiary/aromatic N) is 2. The van der Waals surface area contributed by atoms with Crippen LogP contribution in [0.5, 0.6) is 5.75 Å². The van der Waals surface area contributed by atoms with Gasteiger partial charge in [-0.25, -0.2) is 0 Å². The molecule has 1 amide bonds. The standard InChI is InChI=1S/C15H17N3O3S/c1-20-11-7-5-10(6-8-11)14-17-18-15(21-14)22-12-4-2-3-9-16-13(12)19/h5-8,12H,2-4,9H2,1H3,(H,16,19)/t12-/m1/s1. The zero-order valence-corrected chi connectivity index (χ0v) is 13.1. The molecule has 7 heteroatoms. The Morgan fingerprint density at radius 2 is 2.09 bits per heavy atom. The summed E-state index contributed by atoms with van der Waals surface area (Å²) in [4.78, 5) is 11.9. The lowest BCUT2D eigenvalue weighted by atomic mass is 10.2. The van der Waals surface area contributed by atoms with E-state index in [2.05, 4.69) is 15.5 Å². The molecule has 1 saturated heterocycles. The first kappa shape index (κ1) is 14.9. The first-order valence-electron chi connectivity index (χ1n) is 7.18. The van der Waals surface area contributed by atoms with E-state index in [0.29, 0.717) is 11.1 Å². The van der Waals surface area contributed by atoms with Crippen LogP contribution in [0.1, 0.15) is 19.3 Å². The molecule has 0 bridgehead atoms. The fourth-order valence-electron chi connectivity index (χ4n) is 2.25. The number of benzene rings is 1. The third kappa shape index (κ3) is 3.41. The molecule has 0 unspecified atom stereocenters. The van der Waals surface area contributed by atoms with E-state index >= 15 is 0 Å². The number of carbonyl (C=O) groups excluding carboxylic acids is 1. The van der Waals surface area contributed by atoms with E-state index in [1.165, 1.54) is 11.8 Å². The molecule has 1 aliphatic heterocycles. The number of aromatic nitrogens is 2. The molecule has 22 heavy (non-hydrogen) atoms. The molecule has 1 aromatic heterocycles. The van der Waals surface area contributed by atoms with Crippen molar-refractivity contribution in [3.63, 3.8) is 0 Å². The Hall–Kier alpha value is -2.02. The number of nitrogens with one attached hydrogen (secondary N) is 1. The average Bonchev–Trinajstić information content (AvgIpc) is 2.92. The number of hydrogen-bond acceptors (Lipinski definition) is 6. The second kappa shape index (κ2) is 6.83. The van der Waals surface area contributed by atoms with Gasteiger partial charge in [0, 0.05) is 12.1 Å². The minimum atomic E-state index is -0.160. The summed E-state index contributed by atoms with van der Waals surface area (Å²) < 4.78 is 10.8. The third-order valence-corrected chi connectivity index (χ3v) is 4.57. The van der Waals surface area contributed by atoms with Gasteiger partial charge in [0.25, 0.3) is 5.22 Å². The van der Waals surface area contributed by atoms with Gasteiger partial charge in [0.1, 0.15) is 5.75 Å². The first-order valence-corrected chi connectivity index (χ1v) is 8.06. The number of rotatable bonds is 4. The van der Waals surface area contributed by atoms with E-state index < -0.39 is 0 Å². The van der Waals surface area contributed by atoms with Gasteiger partial charge in [0.2, 0.25) is 11.8 Å². The Bertz CT molecular complexity index is 642. The zero-order valence-electron chi connectivity index (χ0n) is 12.2. The molecule has 116 valence electrons. The maximum absolute atomic E-state index is 11.9. The van der Waals surface area contributed by atoms with Crippen molar-refractivity contribution in [2.75, 3.05) is 13.7 Å². The maximum Gasteiger partial charge on any atom is 0.277 e.